The van der Waals surface area contributed by atoms with Gasteiger partial charge in [0.05, 0.1) is 12.4 Å². The molecule has 0 atom stereocenters. The highest BCUT2D eigenvalue weighted by atomic mass is 32.1. The number of pyridine rings is 1. The molecule has 0 radical (unpaired) electrons. The minimum absolute atomic E-state index is 0.0219. The molecule has 1 aliphatic carbocycles. The normalized spacial score (nSPS) is 16.5. The highest BCUT2D eigenvalue weighted by molar-refractivity contribution is 7.10. The monoisotopic (exact) mass is 319 g/mol. The van der Waals surface area contributed by atoms with Gasteiger partial charge in [0.15, 0.2) is 11.5 Å². The topological polar surface area (TPSA) is 68.5 Å². The molecule has 0 saturated heterocycles. The van der Waals surface area contributed by atoms with Crippen molar-refractivity contribution in [3.63, 3.8) is 0 Å². The molecule has 6 heteroatoms. The van der Waals surface area contributed by atoms with Gasteiger partial charge in [-0.2, -0.15) is 0 Å². The number of hydrogen-bond acceptors (Lipinski definition) is 5. The fourth-order valence-electron chi connectivity index (χ4n) is 3.28. The van der Waals surface area contributed by atoms with Gasteiger partial charge in [-0.15, -0.1) is 11.3 Å². The molecule has 0 aromatic carbocycles. The number of carbonyl (C=O) groups is 1. The van der Waals surface area contributed by atoms with Gasteiger partial charge in [0, 0.05) is 16.8 Å². The van der Waals surface area contributed by atoms with Gasteiger partial charge in [0.1, 0.15) is 0 Å². The molecular formula is C16H17NO4S. The van der Waals surface area contributed by atoms with Crippen LogP contribution in [0.1, 0.15) is 30.6 Å². The number of nitrogens with zero attached hydrogens (tertiary/aromatic N) is 1. The van der Waals surface area contributed by atoms with E-state index in [0.717, 1.165) is 12.8 Å². The molecule has 0 amide bonds. The van der Waals surface area contributed by atoms with Crippen LogP contribution in [0.25, 0.3) is 0 Å². The Morgan fingerprint density at radius 3 is 2.77 bits per heavy atom. The second-order valence-corrected chi connectivity index (χ2v) is 6.64. The van der Waals surface area contributed by atoms with Crippen LogP contribution in [0.4, 0.5) is 0 Å². The van der Waals surface area contributed by atoms with E-state index in [1.54, 1.807) is 15.9 Å². The molecule has 2 heterocycles. The summed E-state index contributed by atoms with van der Waals surface area (Å²) in [5.74, 6) is -0.548. The summed E-state index contributed by atoms with van der Waals surface area (Å²) in [5, 5.41) is 11.8. The van der Waals surface area contributed by atoms with Crippen molar-refractivity contribution in [3.05, 3.63) is 45.0 Å². The second kappa shape index (κ2) is 5.96. The first kappa shape index (κ1) is 14.8. The second-order valence-electron chi connectivity index (χ2n) is 5.69. The summed E-state index contributed by atoms with van der Waals surface area (Å²) in [6.07, 6.45) is 7.38. The van der Waals surface area contributed by atoms with Gasteiger partial charge >= 0.3 is 0 Å². The van der Waals surface area contributed by atoms with E-state index in [1.807, 2.05) is 6.07 Å². The fraction of sp³-hybridized carbons (Fsp3) is 0.375. The summed E-state index contributed by atoms with van der Waals surface area (Å²) in [5.41, 5.74) is -0.645. The maximum Gasteiger partial charge on any atom is 0.298 e. The van der Waals surface area contributed by atoms with Crippen molar-refractivity contribution in [2.24, 2.45) is 0 Å². The number of carbonyl (C=O) groups excluding carboxylic acids is 1. The maximum atomic E-state index is 11.7. The highest BCUT2D eigenvalue weighted by Crippen LogP contribution is 2.44. The summed E-state index contributed by atoms with van der Waals surface area (Å²) < 4.78 is 6.43. The molecule has 1 fully saturated rings. The summed E-state index contributed by atoms with van der Waals surface area (Å²) in [4.78, 5) is 23.5. The Balaban J connectivity index is 1.97. The number of ether oxygens (including phenoxy) is 1. The average molecular weight is 319 g/mol. The predicted molar refractivity (Wildman–Crippen MR) is 83.5 cm³/mol. The molecule has 116 valence electrons. The van der Waals surface area contributed by atoms with Gasteiger partial charge in [-0.3, -0.25) is 9.59 Å². The third-order valence-electron chi connectivity index (χ3n) is 4.29. The van der Waals surface area contributed by atoms with Crippen molar-refractivity contribution in [3.8, 4) is 11.5 Å². The zero-order valence-corrected chi connectivity index (χ0v) is 12.8. The van der Waals surface area contributed by atoms with Crippen LogP contribution in [0, 0.1) is 0 Å². The average Bonchev–Trinajstić information content (AvgIpc) is 3.16. The van der Waals surface area contributed by atoms with E-state index in [1.165, 1.54) is 30.1 Å². The summed E-state index contributed by atoms with van der Waals surface area (Å²) >= 11 is 1.74. The number of aromatic hydroxyl groups is 1. The molecule has 5 nitrogen and oxygen atoms in total. The fourth-order valence-corrected chi connectivity index (χ4v) is 4.26. The van der Waals surface area contributed by atoms with E-state index in [9.17, 15) is 14.7 Å². The number of thiophene rings is 1. The van der Waals surface area contributed by atoms with Gasteiger partial charge in [-0.25, -0.2) is 0 Å². The first-order valence-corrected chi connectivity index (χ1v) is 8.10. The highest BCUT2D eigenvalue weighted by Gasteiger charge is 2.36. The Morgan fingerprint density at radius 1 is 1.36 bits per heavy atom. The van der Waals surface area contributed by atoms with E-state index < -0.39 is 11.2 Å². The molecule has 1 aliphatic rings. The summed E-state index contributed by atoms with van der Waals surface area (Å²) in [7, 11) is 0. The van der Waals surface area contributed by atoms with E-state index in [4.69, 9.17) is 0 Å². The minimum Gasteiger partial charge on any atom is -0.503 e. The van der Waals surface area contributed by atoms with Crippen molar-refractivity contribution >= 4 is 17.8 Å². The smallest absolute Gasteiger partial charge is 0.298 e. The lowest BCUT2D eigenvalue weighted by molar-refractivity contribution is -0.120. The molecule has 2 aromatic heterocycles. The Bertz CT molecular complexity index is 714. The van der Waals surface area contributed by atoms with Gasteiger partial charge in [0.25, 0.3) is 11.9 Å². The first-order valence-electron chi connectivity index (χ1n) is 7.22. The zero-order valence-electron chi connectivity index (χ0n) is 12.0. The van der Waals surface area contributed by atoms with Crippen LogP contribution in [0.15, 0.2) is 34.7 Å². The van der Waals surface area contributed by atoms with Gasteiger partial charge in [-0.05, 0) is 24.3 Å². The molecule has 0 bridgehead atoms. The van der Waals surface area contributed by atoms with Gasteiger partial charge < -0.3 is 14.4 Å². The van der Waals surface area contributed by atoms with Crippen LogP contribution in [0.3, 0.4) is 0 Å². The lowest BCUT2D eigenvalue weighted by Crippen LogP contribution is -2.28. The zero-order chi connectivity index (χ0) is 15.6. The Morgan fingerprint density at radius 2 is 2.14 bits per heavy atom. The van der Waals surface area contributed by atoms with Crippen LogP contribution >= 0.6 is 11.3 Å². The summed E-state index contributed by atoms with van der Waals surface area (Å²) in [6.45, 7) is 0.849. The lowest BCUT2D eigenvalue weighted by Gasteiger charge is -2.29. The van der Waals surface area contributed by atoms with Crippen molar-refractivity contribution < 1.29 is 14.6 Å². The van der Waals surface area contributed by atoms with Crippen LogP contribution < -0.4 is 10.2 Å². The predicted octanol–water partition coefficient (Wildman–Crippen LogP) is 2.66. The van der Waals surface area contributed by atoms with E-state index >= 15 is 0 Å². The van der Waals surface area contributed by atoms with Crippen LogP contribution in [-0.4, -0.2) is 16.1 Å². The van der Waals surface area contributed by atoms with Crippen LogP contribution in [0.2, 0.25) is 0 Å². The lowest BCUT2D eigenvalue weighted by atomic mass is 9.84. The quantitative estimate of drug-likeness (QED) is 0.860. The standard InChI is InChI=1S/C16H17NO4S/c18-11-21-13-9-17(8-12(19)15(13)20)10-16(5-1-2-6-16)14-4-3-7-22-14/h3-4,7-9,11,19H,1-2,5-6,10H2. The third-order valence-corrected chi connectivity index (χ3v) is 5.41. The van der Waals surface area contributed by atoms with Crippen molar-refractivity contribution in [2.45, 2.75) is 37.6 Å². The van der Waals surface area contributed by atoms with Crippen molar-refractivity contribution in [1.29, 1.82) is 0 Å². The SMILES string of the molecule is O=COc1cn(CC2(c3cccs3)CCCC2)cc(O)c1=O. The first-order chi connectivity index (χ1) is 10.6. The number of rotatable bonds is 5. The molecule has 2 aromatic rings. The number of aromatic nitrogens is 1. The Labute approximate surface area is 131 Å². The Kier molecular flexibility index (Phi) is 4.02. The molecule has 1 saturated carbocycles. The maximum absolute atomic E-state index is 11.7. The van der Waals surface area contributed by atoms with Gasteiger partial charge in [0.2, 0.25) is 0 Å². The minimum atomic E-state index is -0.667. The molecule has 0 aliphatic heterocycles. The molecule has 0 spiro atoms. The molecule has 22 heavy (non-hydrogen) atoms. The summed E-state index contributed by atoms with van der Waals surface area (Å²) in [6, 6.07) is 4.19. The van der Waals surface area contributed by atoms with Crippen molar-refractivity contribution in [1.82, 2.24) is 4.57 Å². The van der Waals surface area contributed by atoms with Crippen LogP contribution in [-0.2, 0) is 16.8 Å². The Hall–Kier alpha value is -2.08. The van der Waals surface area contributed by atoms with E-state index in [-0.39, 0.29) is 17.6 Å². The number of hydrogen-bond donors (Lipinski definition) is 1. The van der Waals surface area contributed by atoms with E-state index in [2.05, 4.69) is 16.2 Å². The molecular weight excluding hydrogens is 302 g/mol. The van der Waals surface area contributed by atoms with Gasteiger partial charge in [-0.1, -0.05) is 18.9 Å². The largest absolute Gasteiger partial charge is 0.503 e. The van der Waals surface area contributed by atoms with Crippen LogP contribution in [0.5, 0.6) is 11.5 Å². The van der Waals surface area contributed by atoms with Crippen molar-refractivity contribution in [2.75, 3.05) is 0 Å². The third kappa shape index (κ3) is 2.66. The van der Waals surface area contributed by atoms with E-state index in [0.29, 0.717) is 6.54 Å². The molecule has 3 rings (SSSR count). The molecule has 1 N–H and O–H groups in total. The molecule has 0 unspecified atom stereocenters.